The molecule has 1 N–H and O–H groups in total. The van der Waals surface area contributed by atoms with E-state index in [-0.39, 0.29) is 0 Å². The minimum atomic E-state index is 0.312. The molecule has 0 atom stereocenters. The predicted octanol–water partition coefficient (Wildman–Crippen LogP) is 2.09. The van der Waals surface area contributed by atoms with E-state index in [9.17, 15) is 0 Å². The van der Waals surface area contributed by atoms with Crippen LogP contribution < -0.4 is 0 Å². The first kappa shape index (κ1) is 10.1. The van der Waals surface area contributed by atoms with Gasteiger partial charge in [-0.15, -0.1) is 0 Å². The lowest BCUT2D eigenvalue weighted by Gasteiger charge is -2.20. The molecule has 1 heterocycles. The fraction of sp³-hybridized carbons (Fsp3) is 0.636. The first-order valence-electron chi connectivity index (χ1n) is 5.26. The van der Waals surface area contributed by atoms with Crippen molar-refractivity contribution < 1.29 is 5.11 Å². The molecule has 0 radical (unpaired) electrons. The van der Waals surface area contributed by atoms with Crippen LogP contribution in [0.3, 0.4) is 0 Å². The summed E-state index contributed by atoms with van der Waals surface area (Å²) in [6.45, 7) is 2.41. The third kappa shape index (κ3) is 2.80. The van der Waals surface area contributed by atoms with Crippen LogP contribution in [0.15, 0.2) is 16.8 Å². The quantitative estimate of drug-likeness (QED) is 0.779. The Kier molecular flexibility index (Phi) is 3.56. The molecular formula is C11H17NOS. The van der Waals surface area contributed by atoms with Gasteiger partial charge in [0.15, 0.2) is 0 Å². The normalized spacial score (nSPS) is 16.4. The van der Waals surface area contributed by atoms with Crippen molar-refractivity contribution in [3.8, 4) is 0 Å². The Balaban J connectivity index is 1.84. The van der Waals surface area contributed by atoms with Crippen molar-refractivity contribution in [3.05, 3.63) is 22.4 Å². The lowest BCUT2D eigenvalue weighted by atomic mass is 10.3. The summed E-state index contributed by atoms with van der Waals surface area (Å²) in [5.74, 6) is 0. The molecule has 0 bridgehead atoms. The Labute approximate surface area is 89.2 Å². The summed E-state index contributed by atoms with van der Waals surface area (Å²) >= 11 is 1.76. The van der Waals surface area contributed by atoms with Crippen LogP contribution in [0, 0.1) is 0 Å². The fourth-order valence-electron chi connectivity index (χ4n) is 1.72. The second-order valence-electron chi connectivity index (χ2n) is 3.91. The van der Waals surface area contributed by atoms with E-state index < -0.39 is 0 Å². The van der Waals surface area contributed by atoms with E-state index in [0.29, 0.717) is 6.61 Å². The molecule has 78 valence electrons. The van der Waals surface area contributed by atoms with Gasteiger partial charge in [0.2, 0.25) is 0 Å². The van der Waals surface area contributed by atoms with Gasteiger partial charge >= 0.3 is 0 Å². The first-order valence-corrected chi connectivity index (χ1v) is 6.20. The Morgan fingerprint density at radius 3 is 2.93 bits per heavy atom. The molecule has 1 aliphatic carbocycles. The number of hydrogen-bond donors (Lipinski definition) is 1. The number of thiophene rings is 1. The van der Waals surface area contributed by atoms with E-state index in [2.05, 4.69) is 21.7 Å². The molecule has 0 amide bonds. The van der Waals surface area contributed by atoms with E-state index in [1.165, 1.54) is 18.4 Å². The smallest absolute Gasteiger partial charge is 0.0443 e. The molecule has 0 aliphatic heterocycles. The van der Waals surface area contributed by atoms with Crippen LogP contribution >= 0.6 is 11.3 Å². The highest BCUT2D eigenvalue weighted by molar-refractivity contribution is 7.07. The van der Waals surface area contributed by atoms with Crippen LogP contribution in [0.5, 0.6) is 0 Å². The van der Waals surface area contributed by atoms with Crippen molar-refractivity contribution in [1.29, 1.82) is 0 Å². The molecule has 2 nitrogen and oxygen atoms in total. The monoisotopic (exact) mass is 211 g/mol. The number of hydrogen-bond acceptors (Lipinski definition) is 3. The first-order chi connectivity index (χ1) is 6.90. The van der Waals surface area contributed by atoms with Crippen molar-refractivity contribution in [2.24, 2.45) is 0 Å². The van der Waals surface area contributed by atoms with E-state index >= 15 is 0 Å². The van der Waals surface area contributed by atoms with E-state index in [1.54, 1.807) is 11.3 Å². The van der Waals surface area contributed by atoms with Gasteiger partial charge in [-0.05, 0) is 41.7 Å². The van der Waals surface area contributed by atoms with Crippen LogP contribution in [-0.4, -0.2) is 29.2 Å². The Bertz CT molecular complexity index is 256. The van der Waals surface area contributed by atoms with Crippen LogP contribution in [0.4, 0.5) is 0 Å². The summed E-state index contributed by atoms with van der Waals surface area (Å²) in [6, 6.07) is 2.99. The largest absolute Gasteiger partial charge is 0.396 e. The molecule has 1 fully saturated rings. The maximum absolute atomic E-state index is 8.82. The van der Waals surface area contributed by atoms with E-state index in [0.717, 1.165) is 25.6 Å². The van der Waals surface area contributed by atoms with Crippen LogP contribution in [0.1, 0.15) is 24.8 Å². The second kappa shape index (κ2) is 4.91. The van der Waals surface area contributed by atoms with Crippen molar-refractivity contribution in [3.63, 3.8) is 0 Å². The van der Waals surface area contributed by atoms with E-state index in [4.69, 9.17) is 5.11 Å². The second-order valence-corrected chi connectivity index (χ2v) is 4.69. The average molecular weight is 211 g/mol. The summed E-state index contributed by atoms with van der Waals surface area (Å²) < 4.78 is 0. The van der Waals surface area contributed by atoms with Crippen molar-refractivity contribution in [2.45, 2.75) is 31.8 Å². The number of nitrogens with zero attached hydrogens (tertiary/aromatic N) is 1. The van der Waals surface area contributed by atoms with Gasteiger partial charge in [0.05, 0.1) is 0 Å². The number of aliphatic hydroxyl groups excluding tert-OH is 1. The average Bonchev–Trinajstić information content (AvgIpc) is 2.92. The molecule has 3 heteroatoms. The van der Waals surface area contributed by atoms with Gasteiger partial charge < -0.3 is 5.11 Å². The van der Waals surface area contributed by atoms with Gasteiger partial charge in [-0.2, -0.15) is 11.3 Å². The maximum Gasteiger partial charge on any atom is 0.0443 e. The summed E-state index contributed by atoms with van der Waals surface area (Å²) in [6.07, 6.45) is 3.59. The minimum Gasteiger partial charge on any atom is -0.396 e. The molecule has 0 spiro atoms. The molecule has 1 aromatic heterocycles. The summed E-state index contributed by atoms with van der Waals surface area (Å²) in [4.78, 5) is 2.50. The molecule has 0 aromatic carbocycles. The molecular weight excluding hydrogens is 194 g/mol. The molecule has 1 aromatic rings. The van der Waals surface area contributed by atoms with Gasteiger partial charge in [-0.1, -0.05) is 0 Å². The lowest BCUT2D eigenvalue weighted by molar-refractivity contribution is 0.212. The molecule has 0 saturated heterocycles. The van der Waals surface area contributed by atoms with Gasteiger partial charge in [-0.25, -0.2) is 0 Å². The van der Waals surface area contributed by atoms with Crippen molar-refractivity contribution in [2.75, 3.05) is 13.2 Å². The highest BCUT2D eigenvalue weighted by Gasteiger charge is 2.28. The zero-order valence-electron chi connectivity index (χ0n) is 8.35. The number of rotatable bonds is 6. The summed E-state index contributed by atoms with van der Waals surface area (Å²) in [7, 11) is 0. The van der Waals surface area contributed by atoms with Crippen molar-refractivity contribution in [1.82, 2.24) is 4.90 Å². The topological polar surface area (TPSA) is 23.5 Å². The van der Waals surface area contributed by atoms with Crippen LogP contribution in [0.2, 0.25) is 0 Å². The molecule has 1 saturated carbocycles. The number of aliphatic hydroxyl groups is 1. The molecule has 14 heavy (non-hydrogen) atoms. The van der Waals surface area contributed by atoms with Gasteiger partial charge in [0.25, 0.3) is 0 Å². The third-order valence-electron chi connectivity index (χ3n) is 2.63. The Hall–Kier alpha value is -0.380. The molecule has 0 unspecified atom stereocenters. The summed E-state index contributed by atoms with van der Waals surface area (Å²) in [5, 5.41) is 13.2. The highest BCUT2D eigenvalue weighted by Crippen LogP contribution is 2.28. The van der Waals surface area contributed by atoms with Crippen molar-refractivity contribution >= 4 is 11.3 Å². The SMILES string of the molecule is OCCCN(Cc1ccsc1)C1CC1. The highest BCUT2D eigenvalue weighted by atomic mass is 32.1. The van der Waals surface area contributed by atoms with Gasteiger partial charge in [0.1, 0.15) is 0 Å². The fourth-order valence-corrected chi connectivity index (χ4v) is 2.38. The maximum atomic E-state index is 8.82. The predicted molar refractivity (Wildman–Crippen MR) is 59.5 cm³/mol. The van der Waals surface area contributed by atoms with Gasteiger partial charge in [-0.3, -0.25) is 4.90 Å². The zero-order chi connectivity index (χ0) is 9.80. The molecule has 2 rings (SSSR count). The van der Waals surface area contributed by atoms with Gasteiger partial charge in [0, 0.05) is 25.7 Å². The molecule has 1 aliphatic rings. The standard InChI is InChI=1S/C11H17NOS/c13-6-1-5-12(11-2-3-11)8-10-4-7-14-9-10/h4,7,9,11,13H,1-3,5-6,8H2. The minimum absolute atomic E-state index is 0.312. The Morgan fingerprint density at radius 1 is 1.50 bits per heavy atom. The van der Waals surface area contributed by atoms with E-state index in [1.807, 2.05) is 0 Å². The van der Waals surface area contributed by atoms with Crippen LogP contribution in [-0.2, 0) is 6.54 Å². The lowest BCUT2D eigenvalue weighted by Crippen LogP contribution is -2.27. The zero-order valence-corrected chi connectivity index (χ0v) is 9.17. The third-order valence-corrected chi connectivity index (χ3v) is 3.36. The Morgan fingerprint density at radius 2 is 2.36 bits per heavy atom. The summed E-state index contributed by atoms with van der Waals surface area (Å²) in [5.41, 5.74) is 1.42. The van der Waals surface area contributed by atoms with Crippen LogP contribution in [0.25, 0.3) is 0 Å².